The van der Waals surface area contributed by atoms with Crippen LogP contribution in [0.4, 0.5) is 5.82 Å². The molecular formula is C18H23N5O2S. The van der Waals surface area contributed by atoms with E-state index in [1.807, 2.05) is 43.5 Å². The van der Waals surface area contributed by atoms with Crippen molar-refractivity contribution in [2.45, 2.75) is 25.7 Å². The summed E-state index contributed by atoms with van der Waals surface area (Å²) in [5.41, 5.74) is 2.84. The molecule has 0 aliphatic carbocycles. The van der Waals surface area contributed by atoms with Crippen molar-refractivity contribution in [1.82, 2.24) is 19.5 Å². The van der Waals surface area contributed by atoms with Gasteiger partial charge in [0.15, 0.2) is 15.7 Å². The second-order valence-electron chi connectivity index (χ2n) is 6.24. The normalized spacial score (nSPS) is 11.9. The van der Waals surface area contributed by atoms with Crippen LogP contribution in [0.15, 0.2) is 29.3 Å². The van der Waals surface area contributed by atoms with Crippen LogP contribution in [0.2, 0.25) is 0 Å². The third kappa shape index (κ3) is 3.05. The lowest BCUT2D eigenvalue weighted by Gasteiger charge is -2.18. The number of fused-ring (bicyclic) bond motifs is 1. The van der Waals surface area contributed by atoms with E-state index < -0.39 is 9.84 Å². The van der Waals surface area contributed by atoms with Crippen molar-refractivity contribution in [2.75, 3.05) is 24.2 Å². The van der Waals surface area contributed by atoms with Crippen molar-refractivity contribution < 1.29 is 8.42 Å². The Morgan fingerprint density at radius 3 is 2.58 bits per heavy atom. The summed E-state index contributed by atoms with van der Waals surface area (Å²) in [6, 6.07) is 5.25. The zero-order chi connectivity index (χ0) is 19.1. The van der Waals surface area contributed by atoms with Gasteiger partial charge >= 0.3 is 0 Å². The molecule has 0 unspecified atom stereocenters. The van der Waals surface area contributed by atoms with Gasteiger partial charge in [-0.3, -0.25) is 4.98 Å². The molecule has 0 atom stereocenters. The van der Waals surface area contributed by atoms with Crippen molar-refractivity contribution in [3.63, 3.8) is 0 Å². The average Bonchev–Trinajstić information content (AvgIpc) is 2.96. The molecule has 3 aromatic heterocycles. The summed E-state index contributed by atoms with van der Waals surface area (Å²) >= 11 is 0. The van der Waals surface area contributed by atoms with E-state index in [4.69, 9.17) is 0 Å². The lowest BCUT2D eigenvalue weighted by Crippen LogP contribution is -2.18. The standard InChI is InChI=1S/C18H23N5O2S/c1-6-22(4)16-9-8-15(26(24,25)7-2)17(21-16)18-20-13-10-12(3)19-11-14(13)23(18)5/h8-11H,6-7H2,1-5H3. The summed E-state index contributed by atoms with van der Waals surface area (Å²) in [7, 11) is 0.330. The van der Waals surface area contributed by atoms with E-state index in [0.29, 0.717) is 17.3 Å². The third-order valence-corrected chi connectivity index (χ3v) is 6.30. The lowest BCUT2D eigenvalue weighted by molar-refractivity contribution is 0.597. The highest BCUT2D eigenvalue weighted by molar-refractivity contribution is 7.91. The highest BCUT2D eigenvalue weighted by Crippen LogP contribution is 2.30. The first-order valence-corrected chi connectivity index (χ1v) is 10.2. The van der Waals surface area contributed by atoms with Gasteiger partial charge in [0, 0.05) is 26.3 Å². The molecular weight excluding hydrogens is 350 g/mol. The smallest absolute Gasteiger partial charge is 0.180 e. The number of rotatable bonds is 5. The van der Waals surface area contributed by atoms with Crippen LogP contribution in [0.3, 0.4) is 0 Å². The van der Waals surface area contributed by atoms with Crippen LogP contribution in [0, 0.1) is 6.92 Å². The fourth-order valence-corrected chi connectivity index (χ4v) is 3.80. The van der Waals surface area contributed by atoms with Gasteiger partial charge in [0.25, 0.3) is 0 Å². The SMILES string of the molecule is CCN(C)c1ccc(S(=O)(=O)CC)c(-c2nc3cc(C)ncc3n2C)n1. The lowest BCUT2D eigenvalue weighted by atomic mass is 10.3. The summed E-state index contributed by atoms with van der Waals surface area (Å²) in [5.74, 6) is 1.24. The molecule has 0 radical (unpaired) electrons. The molecule has 3 aromatic rings. The predicted molar refractivity (Wildman–Crippen MR) is 103 cm³/mol. The number of hydrogen-bond acceptors (Lipinski definition) is 6. The fourth-order valence-electron chi connectivity index (χ4n) is 2.78. The molecule has 0 aliphatic heterocycles. The zero-order valence-corrected chi connectivity index (χ0v) is 16.5. The van der Waals surface area contributed by atoms with Crippen LogP contribution in [0.5, 0.6) is 0 Å². The minimum absolute atomic E-state index is 0.00918. The number of aromatic nitrogens is 4. The molecule has 0 spiro atoms. The number of pyridine rings is 2. The molecule has 0 amide bonds. The van der Waals surface area contributed by atoms with Gasteiger partial charge in [-0.1, -0.05) is 6.92 Å². The molecule has 0 N–H and O–H groups in total. The first-order valence-electron chi connectivity index (χ1n) is 8.52. The van der Waals surface area contributed by atoms with Gasteiger partial charge < -0.3 is 9.47 Å². The highest BCUT2D eigenvalue weighted by atomic mass is 32.2. The Morgan fingerprint density at radius 2 is 1.92 bits per heavy atom. The second kappa shape index (κ2) is 6.68. The van der Waals surface area contributed by atoms with E-state index in [9.17, 15) is 8.42 Å². The molecule has 3 rings (SSSR count). The van der Waals surface area contributed by atoms with Crippen molar-refractivity contribution >= 4 is 26.7 Å². The summed E-state index contributed by atoms with van der Waals surface area (Å²) in [5, 5.41) is 0. The molecule has 3 heterocycles. The molecule has 26 heavy (non-hydrogen) atoms. The Labute approximate surface area is 153 Å². The summed E-state index contributed by atoms with van der Waals surface area (Å²) in [6.07, 6.45) is 1.75. The van der Waals surface area contributed by atoms with E-state index in [-0.39, 0.29) is 10.6 Å². The van der Waals surface area contributed by atoms with Crippen LogP contribution < -0.4 is 4.90 Å². The van der Waals surface area contributed by atoms with Crippen molar-refractivity contribution in [1.29, 1.82) is 0 Å². The molecule has 0 aromatic carbocycles. The maximum absolute atomic E-state index is 12.6. The van der Waals surface area contributed by atoms with E-state index in [1.54, 1.807) is 25.3 Å². The molecule has 7 nitrogen and oxygen atoms in total. The van der Waals surface area contributed by atoms with Gasteiger partial charge in [-0.15, -0.1) is 0 Å². The maximum Gasteiger partial charge on any atom is 0.180 e. The van der Waals surface area contributed by atoms with E-state index in [0.717, 1.165) is 23.3 Å². The number of anilines is 1. The zero-order valence-electron chi connectivity index (χ0n) is 15.7. The highest BCUT2D eigenvalue weighted by Gasteiger charge is 2.24. The molecule has 0 fully saturated rings. The second-order valence-corrected chi connectivity index (χ2v) is 8.49. The van der Waals surface area contributed by atoms with Gasteiger partial charge in [0.05, 0.1) is 27.9 Å². The average molecular weight is 373 g/mol. The van der Waals surface area contributed by atoms with Gasteiger partial charge in [0.2, 0.25) is 0 Å². The Morgan fingerprint density at radius 1 is 1.19 bits per heavy atom. The number of imidazole rings is 1. The van der Waals surface area contributed by atoms with E-state index in [2.05, 4.69) is 15.0 Å². The van der Waals surface area contributed by atoms with Crippen LogP contribution >= 0.6 is 0 Å². The molecule has 8 heteroatoms. The molecule has 0 bridgehead atoms. The van der Waals surface area contributed by atoms with Crippen LogP contribution in [0.25, 0.3) is 22.6 Å². The molecule has 138 valence electrons. The molecule has 0 aliphatic rings. The van der Waals surface area contributed by atoms with Gasteiger partial charge in [-0.05, 0) is 32.0 Å². The first-order chi connectivity index (χ1) is 12.3. The van der Waals surface area contributed by atoms with Crippen molar-refractivity contribution in [2.24, 2.45) is 7.05 Å². The predicted octanol–water partition coefficient (Wildman–Crippen LogP) is 2.59. The number of hydrogen-bond donors (Lipinski definition) is 0. The van der Waals surface area contributed by atoms with Crippen LogP contribution in [-0.4, -0.2) is 47.3 Å². The number of sulfone groups is 1. The minimum atomic E-state index is -3.44. The number of aryl methyl sites for hydroxylation is 2. The quantitative estimate of drug-likeness (QED) is 0.684. The first kappa shape index (κ1) is 18.3. The van der Waals surface area contributed by atoms with Gasteiger partial charge in [-0.25, -0.2) is 18.4 Å². The van der Waals surface area contributed by atoms with Crippen LogP contribution in [0.1, 0.15) is 19.5 Å². The summed E-state index contributed by atoms with van der Waals surface area (Å²) in [4.78, 5) is 15.8. The van der Waals surface area contributed by atoms with E-state index >= 15 is 0 Å². The largest absolute Gasteiger partial charge is 0.360 e. The number of nitrogens with zero attached hydrogens (tertiary/aromatic N) is 5. The summed E-state index contributed by atoms with van der Waals surface area (Å²) in [6.45, 7) is 6.31. The Balaban J connectivity index is 2.33. The molecule has 0 saturated heterocycles. The Hall–Kier alpha value is -2.48. The van der Waals surface area contributed by atoms with Crippen LogP contribution in [-0.2, 0) is 16.9 Å². The van der Waals surface area contributed by atoms with Gasteiger partial charge in [-0.2, -0.15) is 0 Å². The Bertz CT molecular complexity index is 1070. The van der Waals surface area contributed by atoms with Crippen molar-refractivity contribution in [3.05, 3.63) is 30.1 Å². The van der Waals surface area contributed by atoms with E-state index in [1.165, 1.54) is 0 Å². The van der Waals surface area contributed by atoms with Crippen molar-refractivity contribution in [3.8, 4) is 11.5 Å². The minimum Gasteiger partial charge on any atom is -0.360 e. The topological polar surface area (TPSA) is 81.0 Å². The third-order valence-electron chi connectivity index (χ3n) is 4.54. The monoisotopic (exact) mass is 373 g/mol. The van der Waals surface area contributed by atoms with Gasteiger partial charge in [0.1, 0.15) is 11.5 Å². The maximum atomic E-state index is 12.6. The Kier molecular flexibility index (Phi) is 4.70. The fraction of sp³-hybridized carbons (Fsp3) is 0.389. The molecule has 0 saturated carbocycles. The summed E-state index contributed by atoms with van der Waals surface area (Å²) < 4.78 is 27.1.